The van der Waals surface area contributed by atoms with E-state index in [9.17, 15) is 13.0 Å². The van der Waals surface area contributed by atoms with E-state index in [-0.39, 0.29) is 0 Å². The van der Waals surface area contributed by atoms with E-state index in [0.29, 0.717) is 4.48 Å². The van der Waals surface area contributed by atoms with Gasteiger partial charge in [0.05, 0.1) is 20.1 Å². The average molecular weight is 493 g/mol. The van der Waals surface area contributed by atoms with Crippen molar-refractivity contribution in [2.45, 2.75) is 155 Å². The molecular weight excluding hydrogens is 434 g/mol. The molecule has 0 rings (SSSR count). The number of rotatable bonds is 25. The summed E-state index contributed by atoms with van der Waals surface area (Å²) in [5, 5.41) is 0. The Morgan fingerprint density at radius 1 is 0.606 bits per heavy atom. The minimum Gasteiger partial charge on any atom is -0.300 e. The molecule has 0 saturated heterocycles. The molecule has 1 atom stereocenters. The molecule has 0 aromatic heterocycles. The van der Waals surface area contributed by atoms with E-state index in [4.69, 9.17) is 4.18 Å². The minimum atomic E-state index is -4.43. The zero-order valence-electron chi connectivity index (χ0n) is 22.7. The third-order valence-electron chi connectivity index (χ3n) is 7.18. The minimum absolute atomic E-state index is 0.549. The summed E-state index contributed by atoms with van der Waals surface area (Å²) in [7, 11) is -2.35. The van der Waals surface area contributed by atoms with Crippen LogP contribution in [0.2, 0.25) is 0 Å². The molecule has 0 aromatic carbocycles. The SMILES string of the molecule is CCCCCCCCCCCC[N+](C)(CCCCCCCCCCCC)C(C)OS(=O)(=O)O. The van der Waals surface area contributed by atoms with Crippen molar-refractivity contribution >= 4 is 10.4 Å². The van der Waals surface area contributed by atoms with Crippen LogP contribution in [0, 0.1) is 0 Å². The highest BCUT2D eigenvalue weighted by atomic mass is 32.3. The van der Waals surface area contributed by atoms with Gasteiger partial charge >= 0.3 is 10.4 Å². The topological polar surface area (TPSA) is 63.6 Å². The summed E-state index contributed by atoms with van der Waals surface area (Å²) in [6, 6.07) is 0. The van der Waals surface area contributed by atoms with Crippen LogP contribution in [0.5, 0.6) is 0 Å². The van der Waals surface area contributed by atoms with Gasteiger partial charge in [0.1, 0.15) is 0 Å². The molecule has 5 nitrogen and oxygen atoms in total. The van der Waals surface area contributed by atoms with E-state index in [0.717, 1.165) is 25.9 Å². The van der Waals surface area contributed by atoms with E-state index < -0.39 is 16.6 Å². The molecule has 0 radical (unpaired) electrons. The summed E-state index contributed by atoms with van der Waals surface area (Å²) in [5.41, 5.74) is 0. The molecule has 0 fully saturated rings. The van der Waals surface area contributed by atoms with Gasteiger partial charge < -0.3 is 4.48 Å². The maximum atomic E-state index is 11.3. The lowest BCUT2D eigenvalue weighted by molar-refractivity contribution is -0.949. The van der Waals surface area contributed by atoms with Crippen LogP contribution in [0.1, 0.15) is 149 Å². The highest BCUT2D eigenvalue weighted by Crippen LogP contribution is 2.20. The molecule has 0 aliphatic rings. The molecule has 1 unspecified atom stereocenters. The third-order valence-corrected chi connectivity index (χ3v) is 7.71. The Bertz CT molecular complexity index is 500. The fraction of sp³-hybridized carbons (Fsp3) is 1.00. The van der Waals surface area contributed by atoms with Crippen molar-refractivity contribution in [2.75, 3.05) is 20.1 Å². The maximum absolute atomic E-state index is 11.3. The first-order valence-electron chi connectivity index (χ1n) is 14.2. The first-order valence-corrected chi connectivity index (χ1v) is 15.6. The van der Waals surface area contributed by atoms with Gasteiger partial charge in [0.15, 0.2) is 0 Å². The first kappa shape index (κ1) is 32.8. The third kappa shape index (κ3) is 20.9. The van der Waals surface area contributed by atoms with Crippen molar-refractivity contribution in [3.05, 3.63) is 0 Å². The molecule has 0 aromatic rings. The van der Waals surface area contributed by atoms with Gasteiger partial charge in [-0.05, 0) is 25.7 Å². The van der Waals surface area contributed by atoms with Gasteiger partial charge in [-0.3, -0.25) is 4.55 Å². The van der Waals surface area contributed by atoms with Crippen LogP contribution >= 0.6 is 0 Å². The molecule has 200 valence electrons. The van der Waals surface area contributed by atoms with Gasteiger partial charge in [-0.15, -0.1) is 0 Å². The smallest absolute Gasteiger partial charge is 0.300 e. The van der Waals surface area contributed by atoms with Gasteiger partial charge in [-0.2, -0.15) is 12.6 Å². The summed E-state index contributed by atoms with van der Waals surface area (Å²) < 4.78 is 37.3. The van der Waals surface area contributed by atoms with Crippen molar-refractivity contribution < 1.29 is 21.6 Å². The summed E-state index contributed by atoms with van der Waals surface area (Å²) in [4.78, 5) is 0. The zero-order chi connectivity index (χ0) is 24.8. The average Bonchev–Trinajstić information content (AvgIpc) is 2.75. The van der Waals surface area contributed by atoms with Crippen LogP contribution < -0.4 is 0 Å². The van der Waals surface area contributed by atoms with Crippen LogP contribution in [0.3, 0.4) is 0 Å². The van der Waals surface area contributed by atoms with Crippen LogP contribution in [-0.2, 0) is 14.6 Å². The number of quaternary nitrogens is 1. The second-order valence-corrected chi connectivity index (χ2v) is 11.5. The molecule has 1 N–H and O–H groups in total. The Morgan fingerprint density at radius 2 is 0.879 bits per heavy atom. The molecule has 0 aliphatic carbocycles. The van der Waals surface area contributed by atoms with Crippen LogP contribution in [0.25, 0.3) is 0 Å². The van der Waals surface area contributed by atoms with Gasteiger partial charge in [0.2, 0.25) is 6.23 Å². The molecule has 0 aliphatic heterocycles. The Labute approximate surface area is 207 Å². The van der Waals surface area contributed by atoms with Gasteiger partial charge in [-0.25, -0.2) is 0 Å². The Hall–Kier alpha value is -0.170. The Kier molecular flexibility index (Phi) is 21.0. The molecule has 0 heterocycles. The quantitative estimate of drug-likeness (QED) is 0.0601. The molecular formula is C27H58NO4S+. The Balaban J connectivity index is 4.18. The summed E-state index contributed by atoms with van der Waals surface area (Å²) in [5.74, 6) is 0. The lowest BCUT2D eigenvalue weighted by Gasteiger charge is -2.38. The number of hydrogen-bond acceptors (Lipinski definition) is 3. The predicted molar refractivity (Wildman–Crippen MR) is 142 cm³/mol. The Morgan fingerprint density at radius 3 is 1.15 bits per heavy atom. The van der Waals surface area contributed by atoms with Crippen molar-refractivity contribution in [2.24, 2.45) is 0 Å². The van der Waals surface area contributed by atoms with Crippen molar-refractivity contribution in [3.8, 4) is 0 Å². The van der Waals surface area contributed by atoms with E-state index in [1.807, 2.05) is 0 Å². The lowest BCUT2D eigenvalue weighted by Crippen LogP contribution is -2.53. The molecule has 0 spiro atoms. The van der Waals surface area contributed by atoms with Crippen LogP contribution in [-0.4, -0.2) is 43.8 Å². The van der Waals surface area contributed by atoms with Gasteiger partial charge in [0.25, 0.3) is 0 Å². The molecule has 6 heteroatoms. The zero-order valence-corrected chi connectivity index (χ0v) is 23.5. The highest BCUT2D eigenvalue weighted by Gasteiger charge is 2.32. The predicted octanol–water partition coefficient (Wildman–Crippen LogP) is 8.44. The van der Waals surface area contributed by atoms with Crippen molar-refractivity contribution in [1.29, 1.82) is 0 Å². The molecule has 0 bridgehead atoms. The van der Waals surface area contributed by atoms with Gasteiger partial charge in [0, 0.05) is 6.92 Å². The summed E-state index contributed by atoms with van der Waals surface area (Å²) in [6.07, 6.45) is 25.2. The summed E-state index contributed by atoms with van der Waals surface area (Å²) in [6.45, 7) is 8.07. The second-order valence-electron chi connectivity index (χ2n) is 10.4. The number of hydrogen-bond donors (Lipinski definition) is 1. The van der Waals surface area contributed by atoms with Crippen molar-refractivity contribution in [1.82, 2.24) is 0 Å². The standard InChI is InChI=1S/C27H57NO4S/c1-5-7-9-11-13-15-17-19-21-23-25-28(4,27(3)32-33(29,30)31)26-24-22-20-18-16-14-12-10-8-6-2/h27H,5-26H2,1-4H3/p+1. The number of nitrogens with zero attached hydrogens (tertiary/aromatic N) is 1. The fourth-order valence-corrected chi connectivity index (χ4v) is 5.24. The number of unbranched alkanes of at least 4 members (excludes halogenated alkanes) is 18. The van der Waals surface area contributed by atoms with Crippen LogP contribution in [0.4, 0.5) is 0 Å². The van der Waals surface area contributed by atoms with E-state index in [2.05, 4.69) is 20.9 Å². The van der Waals surface area contributed by atoms with E-state index in [1.165, 1.54) is 116 Å². The lowest BCUT2D eigenvalue weighted by atomic mass is 10.1. The summed E-state index contributed by atoms with van der Waals surface area (Å²) >= 11 is 0. The highest BCUT2D eigenvalue weighted by molar-refractivity contribution is 7.80. The van der Waals surface area contributed by atoms with Crippen LogP contribution in [0.15, 0.2) is 0 Å². The van der Waals surface area contributed by atoms with E-state index in [1.54, 1.807) is 6.92 Å². The maximum Gasteiger partial charge on any atom is 0.402 e. The molecule has 0 saturated carbocycles. The largest absolute Gasteiger partial charge is 0.402 e. The monoisotopic (exact) mass is 492 g/mol. The van der Waals surface area contributed by atoms with E-state index >= 15 is 0 Å². The van der Waals surface area contributed by atoms with Crippen molar-refractivity contribution in [3.63, 3.8) is 0 Å². The fourth-order valence-electron chi connectivity index (χ4n) is 4.68. The normalized spacial score (nSPS) is 13.5. The first-order chi connectivity index (χ1) is 15.7. The second kappa shape index (κ2) is 21.1. The molecule has 0 amide bonds. The van der Waals surface area contributed by atoms with Gasteiger partial charge in [-0.1, -0.05) is 117 Å². The molecule has 33 heavy (non-hydrogen) atoms.